The second kappa shape index (κ2) is 3.93. The molecule has 2 aromatic rings. The molecule has 0 amide bonds. The summed E-state index contributed by atoms with van der Waals surface area (Å²) in [5.74, 6) is 0.419. The number of hydrogen-bond donors (Lipinski definition) is 0. The summed E-state index contributed by atoms with van der Waals surface area (Å²) >= 11 is 0. The maximum atomic E-state index is 4.45. The van der Waals surface area contributed by atoms with Gasteiger partial charge in [0.25, 0.3) is 0 Å². The van der Waals surface area contributed by atoms with E-state index in [4.69, 9.17) is 0 Å². The molecular formula is C15H13N. The number of benzene rings is 2. The van der Waals surface area contributed by atoms with Crippen LogP contribution in [0.3, 0.4) is 0 Å². The molecule has 1 atom stereocenters. The van der Waals surface area contributed by atoms with Crippen LogP contribution in [0.25, 0.3) is 0 Å². The zero-order chi connectivity index (χ0) is 10.8. The summed E-state index contributed by atoms with van der Waals surface area (Å²) in [5.41, 5.74) is 4.00. The molecule has 1 aliphatic heterocycles. The summed E-state index contributed by atoms with van der Waals surface area (Å²) in [6.07, 6.45) is 1.98. The lowest BCUT2D eigenvalue weighted by Crippen LogP contribution is -2.12. The van der Waals surface area contributed by atoms with E-state index in [0.717, 1.165) is 6.54 Å². The molecule has 0 radical (unpaired) electrons. The van der Waals surface area contributed by atoms with Crippen molar-refractivity contribution in [3.63, 3.8) is 0 Å². The van der Waals surface area contributed by atoms with E-state index in [0.29, 0.717) is 5.92 Å². The van der Waals surface area contributed by atoms with E-state index in [1.165, 1.54) is 16.7 Å². The molecule has 0 fully saturated rings. The van der Waals surface area contributed by atoms with Crippen molar-refractivity contribution in [2.75, 3.05) is 6.54 Å². The molecule has 0 N–H and O–H groups in total. The molecule has 0 saturated heterocycles. The van der Waals surface area contributed by atoms with Gasteiger partial charge in [0.15, 0.2) is 0 Å². The minimum absolute atomic E-state index is 0.419. The molecule has 3 rings (SSSR count). The Bertz CT molecular complexity index is 514. The van der Waals surface area contributed by atoms with E-state index in [1.807, 2.05) is 6.21 Å². The van der Waals surface area contributed by atoms with Gasteiger partial charge in [-0.1, -0.05) is 54.6 Å². The Balaban J connectivity index is 2.09. The number of rotatable bonds is 1. The lowest BCUT2D eigenvalue weighted by molar-refractivity contribution is 0.809. The quantitative estimate of drug-likeness (QED) is 0.680. The Hall–Kier alpha value is -1.89. The van der Waals surface area contributed by atoms with Crippen LogP contribution in [0.5, 0.6) is 0 Å². The Labute approximate surface area is 95.5 Å². The molecule has 0 aromatic heterocycles. The highest BCUT2D eigenvalue weighted by Crippen LogP contribution is 2.29. The van der Waals surface area contributed by atoms with Crippen molar-refractivity contribution in [2.24, 2.45) is 4.99 Å². The third-order valence-corrected chi connectivity index (χ3v) is 3.09. The Morgan fingerprint density at radius 3 is 2.50 bits per heavy atom. The summed E-state index contributed by atoms with van der Waals surface area (Å²) in [4.78, 5) is 4.45. The number of nitrogens with zero attached hydrogens (tertiary/aromatic N) is 1. The normalized spacial score (nSPS) is 18.1. The van der Waals surface area contributed by atoms with Gasteiger partial charge in [-0.3, -0.25) is 4.99 Å². The SMILES string of the molecule is C1=NC[C@@H](c2ccccc2)c2ccccc21. The van der Waals surface area contributed by atoms with Crippen molar-refractivity contribution >= 4 is 6.21 Å². The van der Waals surface area contributed by atoms with Crippen molar-refractivity contribution in [3.8, 4) is 0 Å². The highest BCUT2D eigenvalue weighted by molar-refractivity contribution is 5.83. The third kappa shape index (κ3) is 1.54. The first kappa shape index (κ1) is 9.34. The third-order valence-electron chi connectivity index (χ3n) is 3.09. The van der Waals surface area contributed by atoms with E-state index in [1.54, 1.807) is 0 Å². The van der Waals surface area contributed by atoms with E-state index in [9.17, 15) is 0 Å². The van der Waals surface area contributed by atoms with Crippen molar-refractivity contribution in [1.82, 2.24) is 0 Å². The van der Waals surface area contributed by atoms with Gasteiger partial charge in [0.05, 0.1) is 0 Å². The highest BCUT2D eigenvalue weighted by atomic mass is 14.7. The molecule has 78 valence electrons. The van der Waals surface area contributed by atoms with E-state index in [2.05, 4.69) is 59.6 Å². The molecule has 1 nitrogen and oxygen atoms in total. The molecule has 0 bridgehead atoms. The van der Waals surface area contributed by atoms with Crippen LogP contribution in [0, 0.1) is 0 Å². The van der Waals surface area contributed by atoms with Crippen molar-refractivity contribution in [3.05, 3.63) is 71.3 Å². The summed E-state index contributed by atoms with van der Waals surface area (Å²) < 4.78 is 0. The molecule has 16 heavy (non-hydrogen) atoms. The zero-order valence-electron chi connectivity index (χ0n) is 9.01. The number of fused-ring (bicyclic) bond motifs is 1. The monoisotopic (exact) mass is 207 g/mol. The van der Waals surface area contributed by atoms with Crippen molar-refractivity contribution in [1.29, 1.82) is 0 Å². The summed E-state index contributed by atoms with van der Waals surface area (Å²) in [6, 6.07) is 19.1. The number of hydrogen-bond acceptors (Lipinski definition) is 1. The van der Waals surface area contributed by atoms with Crippen LogP contribution in [0.2, 0.25) is 0 Å². The minimum Gasteiger partial charge on any atom is -0.292 e. The molecule has 0 unspecified atom stereocenters. The van der Waals surface area contributed by atoms with E-state index in [-0.39, 0.29) is 0 Å². The maximum Gasteiger partial charge on any atom is 0.0499 e. The Morgan fingerprint density at radius 2 is 1.62 bits per heavy atom. The van der Waals surface area contributed by atoms with Gasteiger partial charge < -0.3 is 0 Å². The average molecular weight is 207 g/mol. The molecule has 1 aliphatic rings. The van der Waals surface area contributed by atoms with Crippen molar-refractivity contribution in [2.45, 2.75) is 5.92 Å². The second-order valence-corrected chi connectivity index (χ2v) is 4.09. The predicted molar refractivity (Wildman–Crippen MR) is 67.2 cm³/mol. The minimum atomic E-state index is 0.419. The smallest absolute Gasteiger partial charge is 0.0499 e. The standard InChI is InChI=1S/C15H13N/c1-2-6-12(7-3-1)15-11-16-10-13-8-4-5-9-14(13)15/h1-10,15H,11H2/t15-/m0/s1. The highest BCUT2D eigenvalue weighted by Gasteiger charge is 2.18. The van der Waals surface area contributed by atoms with Crippen LogP contribution in [-0.4, -0.2) is 12.8 Å². The fourth-order valence-corrected chi connectivity index (χ4v) is 2.27. The van der Waals surface area contributed by atoms with Crippen LogP contribution in [0.1, 0.15) is 22.6 Å². The van der Waals surface area contributed by atoms with Gasteiger partial charge in [-0.2, -0.15) is 0 Å². The van der Waals surface area contributed by atoms with Crippen LogP contribution in [0.4, 0.5) is 0 Å². The fourth-order valence-electron chi connectivity index (χ4n) is 2.27. The predicted octanol–water partition coefficient (Wildman–Crippen LogP) is 3.25. The van der Waals surface area contributed by atoms with Crippen LogP contribution in [-0.2, 0) is 0 Å². The molecule has 0 saturated carbocycles. The average Bonchev–Trinajstić information content (AvgIpc) is 2.39. The van der Waals surface area contributed by atoms with Crippen molar-refractivity contribution < 1.29 is 0 Å². The lowest BCUT2D eigenvalue weighted by Gasteiger charge is -2.21. The van der Waals surface area contributed by atoms with Gasteiger partial charge in [-0.25, -0.2) is 0 Å². The summed E-state index contributed by atoms with van der Waals surface area (Å²) in [5, 5.41) is 0. The van der Waals surface area contributed by atoms with Gasteiger partial charge in [0, 0.05) is 18.7 Å². The van der Waals surface area contributed by atoms with E-state index < -0.39 is 0 Å². The summed E-state index contributed by atoms with van der Waals surface area (Å²) in [7, 11) is 0. The Kier molecular flexibility index (Phi) is 2.30. The molecule has 0 aliphatic carbocycles. The van der Waals surface area contributed by atoms with Gasteiger partial charge in [-0.15, -0.1) is 0 Å². The number of aliphatic imine (C=N–C) groups is 1. The molecule has 1 heterocycles. The second-order valence-electron chi connectivity index (χ2n) is 4.09. The Morgan fingerprint density at radius 1 is 0.875 bits per heavy atom. The summed E-state index contributed by atoms with van der Waals surface area (Å²) in [6.45, 7) is 0.862. The first-order chi connectivity index (χ1) is 7.95. The topological polar surface area (TPSA) is 12.4 Å². The maximum absolute atomic E-state index is 4.45. The lowest BCUT2D eigenvalue weighted by atomic mass is 9.87. The van der Waals surface area contributed by atoms with E-state index >= 15 is 0 Å². The fraction of sp³-hybridized carbons (Fsp3) is 0.133. The molecule has 2 aromatic carbocycles. The van der Waals surface area contributed by atoms with Crippen LogP contribution < -0.4 is 0 Å². The van der Waals surface area contributed by atoms with Gasteiger partial charge in [0.1, 0.15) is 0 Å². The molecular weight excluding hydrogens is 194 g/mol. The first-order valence-electron chi connectivity index (χ1n) is 5.59. The van der Waals surface area contributed by atoms with Gasteiger partial charge >= 0.3 is 0 Å². The van der Waals surface area contributed by atoms with Crippen LogP contribution >= 0.6 is 0 Å². The van der Waals surface area contributed by atoms with Crippen LogP contribution in [0.15, 0.2) is 59.6 Å². The molecule has 0 spiro atoms. The largest absolute Gasteiger partial charge is 0.292 e. The zero-order valence-corrected chi connectivity index (χ0v) is 9.01. The first-order valence-corrected chi connectivity index (χ1v) is 5.59. The van der Waals surface area contributed by atoms with Gasteiger partial charge in [0.2, 0.25) is 0 Å². The molecule has 1 heteroatoms. The van der Waals surface area contributed by atoms with Gasteiger partial charge in [-0.05, 0) is 16.7 Å².